The Labute approximate surface area is 68.8 Å². The number of hydrogen-bond donors (Lipinski definition) is 0. The van der Waals surface area contributed by atoms with Crippen LogP contribution in [0.15, 0.2) is 11.2 Å². The van der Waals surface area contributed by atoms with Gasteiger partial charge in [-0.2, -0.15) is 4.42 Å². The summed E-state index contributed by atoms with van der Waals surface area (Å²) in [5.41, 5.74) is 0. The van der Waals surface area contributed by atoms with E-state index in [9.17, 15) is 0 Å². The average Bonchev–Trinajstić information content (AvgIpc) is 1.80. The molecule has 0 amide bonds. The third-order valence-corrected chi connectivity index (χ3v) is 1.78. The van der Waals surface area contributed by atoms with Gasteiger partial charge < -0.3 is 0 Å². The van der Waals surface area contributed by atoms with E-state index in [-0.39, 0.29) is 0 Å². The third kappa shape index (κ3) is 1.90. The molecule has 0 spiro atoms. The van der Waals surface area contributed by atoms with E-state index in [1.54, 1.807) is 6.08 Å². The molecule has 1 rings (SSSR count). The Bertz CT molecular complexity index is 136. The quantitative estimate of drug-likeness (QED) is 0.422. The fourth-order valence-electron chi connectivity index (χ4n) is 0.462. The summed E-state index contributed by atoms with van der Waals surface area (Å²) in [5.74, 6) is 0. The van der Waals surface area contributed by atoms with E-state index >= 15 is 0 Å². The summed E-state index contributed by atoms with van der Waals surface area (Å²) in [6, 6.07) is 0. The number of rotatable bonds is 0. The zero-order valence-electron chi connectivity index (χ0n) is 4.39. The highest BCUT2D eigenvalue weighted by Crippen LogP contribution is 2.21. The first-order chi connectivity index (χ1) is 4.20. The Hall–Kier alpha value is 0.370. The van der Waals surface area contributed by atoms with Crippen molar-refractivity contribution in [1.82, 2.24) is 8.84 Å². The molecular formula is C4H4Cl3N2. The molecule has 0 aromatic rings. The molecule has 1 aliphatic rings. The number of hydrogen-bond acceptors (Lipinski definition) is 2. The molecule has 0 saturated carbocycles. The van der Waals surface area contributed by atoms with Crippen molar-refractivity contribution >= 4 is 35.2 Å². The van der Waals surface area contributed by atoms with Crippen LogP contribution < -0.4 is 0 Å². The summed E-state index contributed by atoms with van der Waals surface area (Å²) in [5, 5.41) is 0.480. The minimum atomic E-state index is 0.480. The van der Waals surface area contributed by atoms with Crippen LogP contribution in [-0.2, 0) is 0 Å². The second-order valence-electron chi connectivity index (χ2n) is 1.54. The number of nitrogens with zero attached hydrogens (tertiary/aromatic N) is 2. The summed E-state index contributed by atoms with van der Waals surface area (Å²) in [6.45, 7) is 2.08. The van der Waals surface area contributed by atoms with Crippen molar-refractivity contribution in [3.8, 4) is 0 Å². The van der Waals surface area contributed by atoms with Gasteiger partial charge in [0.05, 0.1) is 0 Å². The van der Waals surface area contributed by atoms with Gasteiger partial charge in [0.1, 0.15) is 11.8 Å². The van der Waals surface area contributed by atoms with E-state index in [0.29, 0.717) is 11.7 Å². The van der Waals surface area contributed by atoms with Crippen LogP contribution in [0.5, 0.6) is 0 Å². The monoisotopic (exact) mass is 185 g/mol. The Balaban J connectivity index is 2.56. The van der Waals surface area contributed by atoms with Crippen LogP contribution in [0.4, 0.5) is 0 Å². The number of halogens is 3. The van der Waals surface area contributed by atoms with Gasteiger partial charge in [-0.05, 0) is 17.9 Å². The van der Waals surface area contributed by atoms with Crippen molar-refractivity contribution < 1.29 is 0 Å². The lowest BCUT2D eigenvalue weighted by molar-refractivity contribution is 0.449. The van der Waals surface area contributed by atoms with Crippen molar-refractivity contribution in [2.45, 2.75) is 0 Å². The molecule has 0 fully saturated rings. The standard InChI is InChI=1S/C4H4Cl3N2/c5-4-1-2-8(6)3-9(4)7/h1,3H,2H2. The molecule has 1 radical (unpaired) electrons. The van der Waals surface area contributed by atoms with Gasteiger partial charge in [-0.25, -0.2) is 0 Å². The lowest BCUT2D eigenvalue weighted by atomic mass is 10.5. The van der Waals surface area contributed by atoms with Crippen LogP contribution in [0.2, 0.25) is 0 Å². The summed E-state index contributed by atoms with van der Waals surface area (Å²) < 4.78 is 2.62. The molecule has 2 nitrogen and oxygen atoms in total. The van der Waals surface area contributed by atoms with E-state index in [1.807, 2.05) is 0 Å². The molecular weight excluding hydrogens is 182 g/mol. The van der Waals surface area contributed by atoms with E-state index in [2.05, 4.69) is 0 Å². The van der Waals surface area contributed by atoms with Crippen molar-refractivity contribution in [1.29, 1.82) is 0 Å². The molecule has 0 atom stereocenters. The minimum absolute atomic E-state index is 0.480. The van der Waals surface area contributed by atoms with E-state index in [4.69, 9.17) is 35.2 Å². The summed E-state index contributed by atoms with van der Waals surface area (Å²) in [4.78, 5) is 0. The van der Waals surface area contributed by atoms with Crippen LogP contribution in [0.3, 0.4) is 0 Å². The van der Waals surface area contributed by atoms with Gasteiger partial charge in [-0.3, -0.25) is 4.42 Å². The smallest absolute Gasteiger partial charge is 0.149 e. The fourth-order valence-corrected chi connectivity index (χ4v) is 0.950. The van der Waals surface area contributed by atoms with Gasteiger partial charge >= 0.3 is 0 Å². The Kier molecular flexibility index (Phi) is 2.47. The Morgan fingerprint density at radius 1 is 1.44 bits per heavy atom. The molecule has 0 unspecified atom stereocenters. The zero-order chi connectivity index (χ0) is 6.85. The predicted octanol–water partition coefficient (Wildman–Crippen LogP) is 2.11. The first-order valence-corrected chi connectivity index (χ1v) is 3.33. The third-order valence-electron chi connectivity index (χ3n) is 0.865. The first kappa shape index (κ1) is 7.48. The van der Waals surface area contributed by atoms with Gasteiger partial charge in [-0.15, -0.1) is 0 Å². The van der Waals surface area contributed by atoms with Crippen LogP contribution in [0.1, 0.15) is 0 Å². The van der Waals surface area contributed by atoms with Crippen LogP contribution in [-0.4, -0.2) is 15.4 Å². The first-order valence-electron chi connectivity index (χ1n) is 2.28. The highest BCUT2D eigenvalue weighted by molar-refractivity contribution is 6.33. The van der Waals surface area contributed by atoms with E-state index < -0.39 is 0 Å². The highest BCUT2D eigenvalue weighted by atomic mass is 35.5. The summed E-state index contributed by atoms with van der Waals surface area (Å²) in [6.07, 6.45) is 1.71. The fraction of sp³-hybridized carbons (Fsp3) is 0.250. The topological polar surface area (TPSA) is 6.48 Å². The molecule has 0 aromatic carbocycles. The SMILES string of the molecule is ClC1=CCN(Cl)[CH]N1Cl. The molecule has 0 N–H and O–H groups in total. The van der Waals surface area contributed by atoms with Gasteiger partial charge in [0, 0.05) is 18.3 Å². The van der Waals surface area contributed by atoms with Crippen molar-refractivity contribution in [2.24, 2.45) is 0 Å². The summed E-state index contributed by atoms with van der Waals surface area (Å²) in [7, 11) is 0. The van der Waals surface area contributed by atoms with Gasteiger partial charge in [0.2, 0.25) is 0 Å². The van der Waals surface area contributed by atoms with Gasteiger partial charge in [0.25, 0.3) is 0 Å². The van der Waals surface area contributed by atoms with Crippen molar-refractivity contribution in [2.75, 3.05) is 6.54 Å². The van der Waals surface area contributed by atoms with Crippen molar-refractivity contribution in [3.05, 3.63) is 17.9 Å². The normalized spacial score (nSPS) is 22.1. The molecule has 0 aromatic heterocycles. The van der Waals surface area contributed by atoms with E-state index in [1.165, 1.54) is 15.5 Å². The molecule has 0 saturated heterocycles. The molecule has 9 heavy (non-hydrogen) atoms. The molecule has 51 valence electrons. The van der Waals surface area contributed by atoms with Gasteiger partial charge in [-0.1, -0.05) is 11.6 Å². The maximum absolute atomic E-state index is 5.57. The molecule has 1 heterocycles. The molecule has 1 aliphatic heterocycles. The van der Waals surface area contributed by atoms with E-state index in [0.717, 1.165) is 0 Å². The highest BCUT2D eigenvalue weighted by Gasteiger charge is 2.14. The maximum Gasteiger partial charge on any atom is 0.149 e. The Morgan fingerprint density at radius 2 is 2.11 bits per heavy atom. The summed E-state index contributed by atoms with van der Waals surface area (Å²) >= 11 is 16.6. The second-order valence-corrected chi connectivity index (χ2v) is 2.72. The van der Waals surface area contributed by atoms with Crippen molar-refractivity contribution in [3.63, 3.8) is 0 Å². The van der Waals surface area contributed by atoms with Crippen LogP contribution in [0, 0.1) is 6.67 Å². The average molecular weight is 186 g/mol. The largest absolute Gasteiger partial charge is 0.253 e. The predicted molar refractivity (Wildman–Crippen MR) is 38.5 cm³/mol. The molecule has 0 aliphatic carbocycles. The van der Waals surface area contributed by atoms with Gasteiger partial charge in [0.15, 0.2) is 0 Å². The minimum Gasteiger partial charge on any atom is -0.253 e. The lowest BCUT2D eigenvalue weighted by Gasteiger charge is -2.23. The Morgan fingerprint density at radius 3 is 2.56 bits per heavy atom. The maximum atomic E-state index is 5.57. The van der Waals surface area contributed by atoms with Crippen LogP contribution >= 0.6 is 35.2 Å². The lowest BCUT2D eigenvalue weighted by Crippen LogP contribution is -2.23. The van der Waals surface area contributed by atoms with Crippen LogP contribution in [0.25, 0.3) is 0 Å². The second kappa shape index (κ2) is 2.97. The zero-order valence-corrected chi connectivity index (χ0v) is 6.66. The molecule has 5 heteroatoms. The molecule has 0 bridgehead atoms.